The normalized spacial score (nSPS) is 10.1. The topological polar surface area (TPSA) is 59.4 Å². The summed E-state index contributed by atoms with van der Waals surface area (Å²) in [5.74, 6) is -0.283. The van der Waals surface area contributed by atoms with Gasteiger partial charge in [-0.2, -0.15) is 0 Å². The molecule has 1 aromatic carbocycles. The van der Waals surface area contributed by atoms with Gasteiger partial charge < -0.3 is 9.84 Å². The van der Waals surface area contributed by atoms with Gasteiger partial charge in [-0.05, 0) is 25.1 Å². The van der Waals surface area contributed by atoms with Crippen molar-refractivity contribution < 1.29 is 14.6 Å². The molecule has 0 spiro atoms. The Morgan fingerprint density at radius 2 is 2.06 bits per heavy atom. The van der Waals surface area contributed by atoms with Crippen LogP contribution < -0.4 is 4.74 Å². The Hall–Kier alpha value is -2.36. The number of carboxylic acids is 1. The van der Waals surface area contributed by atoms with Gasteiger partial charge in [0.25, 0.3) is 0 Å². The summed E-state index contributed by atoms with van der Waals surface area (Å²) in [5.41, 5.74) is 1.69. The summed E-state index contributed by atoms with van der Waals surface area (Å²) in [5, 5.41) is 9.05. The number of ether oxygens (including phenoxy) is 1. The fourth-order valence-electron chi connectivity index (χ4n) is 1.63. The second-order valence-electron chi connectivity index (χ2n) is 3.84. The number of carbonyl (C=O) groups is 1. The molecule has 0 fully saturated rings. The van der Waals surface area contributed by atoms with Crippen LogP contribution in [0.1, 0.15) is 21.6 Å². The minimum atomic E-state index is -0.947. The minimum absolute atomic E-state index is 0.217. The monoisotopic (exact) mass is 243 g/mol. The summed E-state index contributed by atoms with van der Waals surface area (Å²) >= 11 is 0. The highest BCUT2D eigenvalue weighted by Crippen LogP contribution is 2.17. The standard InChI is InChI=1S/C14H13NO3/c1-10-13(7-4-8-15-10)18-9-11-5-2-3-6-12(11)14(16)17/h2-8H,9H2,1H3,(H,16,17). The van der Waals surface area contributed by atoms with E-state index in [0.29, 0.717) is 11.3 Å². The van der Waals surface area contributed by atoms with Gasteiger partial charge in [0, 0.05) is 11.8 Å². The van der Waals surface area contributed by atoms with E-state index in [1.807, 2.05) is 13.0 Å². The van der Waals surface area contributed by atoms with E-state index in [-0.39, 0.29) is 12.2 Å². The van der Waals surface area contributed by atoms with E-state index in [0.717, 1.165) is 5.69 Å². The van der Waals surface area contributed by atoms with Crippen LogP contribution in [0.4, 0.5) is 0 Å². The molecular weight excluding hydrogens is 230 g/mol. The van der Waals surface area contributed by atoms with Gasteiger partial charge >= 0.3 is 5.97 Å². The highest BCUT2D eigenvalue weighted by atomic mass is 16.5. The van der Waals surface area contributed by atoms with E-state index in [1.54, 1.807) is 36.5 Å². The second kappa shape index (κ2) is 5.31. The maximum Gasteiger partial charge on any atom is 0.336 e. The molecule has 0 saturated heterocycles. The molecule has 0 atom stereocenters. The van der Waals surface area contributed by atoms with Gasteiger partial charge in [-0.25, -0.2) is 4.79 Å². The number of aromatic nitrogens is 1. The molecule has 1 aromatic heterocycles. The van der Waals surface area contributed by atoms with Crippen LogP contribution in [0.5, 0.6) is 5.75 Å². The lowest BCUT2D eigenvalue weighted by Gasteiger charge is -2.09. The zero-order chi connectivity index (χ0) is 13.0. The summed E-state index contributed by atoms with van der Waals surface area (Å²) in [6, 6.07) is 10.4. The molecule has 1 heterocycles. The van der Waals surface area contributed by atoms with Crippen molar-refractivity contribution in [3.63, 3.8) is 0 Å². The van der Waals surface area contributed by atoms with Crippen molar-refractivity contribution in [1.29, 1.82) is 0 Å². The summed E-state index contributed by atoms with van der Waals surface area (Å²) < 4.78 is 5.59. The molecule has 0 aliphatic carbocycles. The van der Waals surface area contributed by atoms with Crippen molar-refractivity contribution in [3.05, 3.63) is 59.4 Å². The van der Waals surface area contributed by atoms with Gasteiger partial charge in [0.05, 0.1) is 11.3 Å². The Kier molecular flexibility index (Phi) is 3.57. The third kappa shape index (κ3) is 2.66. The molecule has 0 radical (unpaired) electrons. The van der Waals surface area contributed by atoms with E-state index in [1.165, 1.54) is 0 Å². The smallest absolute Gasteiger partial charge is 0.336 e. The quantitative estimate of drug-likeness (QED) is 0.896. The predicted molar refractivity (Wildman–Crippen MR) is 66.7 cm³/mol. The highest BCUT2D eigenvalue weighted by molar-refractivity contribution is 5.89. The number of nitrogens with zero attached hydrogens (tertiary/aromatic N) is 1. The molecule has 0 amide bonds. The maximum absolute atomic E-state index is 11.0. The van der Waals surface area contributed by atoms with Crippen molar-refractivity contribution in [2.24, 2.45) is 0 Å². The van der Waals surface area contributed by atoms with Crippen LogP contribution in [-0.2, 0) is 6.61 Å². The minimum Gasteiger partial charge on any atom is -0.487 e. The van der Waals surface area contributed by atoms with Crippen LogP contribution in [0, 0.1) is 6.92 Å². The number of benzene rings is 1. The van der Waals surface area contributed by atoms with Crippen LogP contribution in [-0.4, -0.2) is 16.1 Å². The van der Waals surface area contributed by atoms with Gasteiger partial charge in [0.2, 0.25) is 0 Å². The molecule has 1 N–H and O–H groups in total. The predicted octanol–water partition coefficient (Wildman–Crippen LogP) is 2.67. The Balaban J connectivity index is 2.16. The Labute approximate surface area is 105 Å². The summed E-state index contributed by atoms with van der Waals surface area (Å²) in [7, 11) is 0. The summed E-state index contributed by atoms with van der Waals surface area (Å²) in [6.45, 7) is 2.06. The van der Waals surface area contributed by atoms with Gasteiger partial charge in [-0.3, -0.25) is 4.98 Å². The lowest BCUT2D eigenvalue weighted by Crippen LogP contribution is -2.05. The average molecular weight is 243 g/mol. The Bertz CT molecular complexity index is 566. The van der Waals surface area contributed by atoms with Gasteiger partial charge in [-0.15, -0.1) is 0 Å². The van der Waals surface area contributed by atoms with E-state index in [2.05, 4.69) is 4.98 Å². The van der Waals surface area contributed by atoms with Crippen LogP contribution in [0.25, 0.3) is 0 Å². The van der Waals surface area contributed by atoms with E-state index in [4.69, 9.17) is 9.84 Å². The second-order valence-corrected chi connectivity index (χ2v) is 3.84. The van der Waals surface area contributed by atoms with Crippen molar-refractivity contribution in [2.45, 2.75) is 13.5 Å². The molecule has 18 heavy (non-hydrogen) atoms. The van der Waals surface area contributed by atoms with Crippen molar-refractivity contribution in [2.75, 3.05) is 0 Å². The van der Waals surface area contributed by atoms with E-state index in [9.17, 15) is 4.79 Å². The first-order valence-corrected chi connectivity index (χ1v) is 5.54. The van der Waals surface area contributed by atoms with Gasteiger partial charge in [-0.1, -0.05) is 18.2 Å². The van der Waals surface area contributed by atoms with Crippen molar-refractivity contribution in [1.82, 2.24) is 4.98 Å². The number of rotatable bonds is 4. The van der Waals surface area contributed by atoms with Crippen LogP contribution in [0.2, 0.25) is 0 Å². The number of aromatic carboxylic acids is 1. The Morgan fingerprint density at radius 3 is 2.78 bits per heavy atom. The first-order valence-electron chi connectivity index (χ1n) is 5.54. The number of hydrogen-bond acceptors (Lipinski definition) is 3. The van der Waals surface area contributed by atoms with E-state index >= 15 is 0 Å². The first-order chi connectivity index (χ1) is 8.68. The fourth-order valence-corrected chi connectivity index (χ4v) is 1.63. The zero-order valence-corrected chi connectivity index (χ0v) is 9.96. The molecule has 4 heteroatoms. The molecule has 0 aliphatic heterocycles. The average Bonchev–Trinajstić information content (AvgIpc) is 2.38. The molecule has 0 aliphatic rings. The lowest BCUT2D eigenvalue weighted by atomic mass is 10.1. The number of carboxylic acid groups (broad SMARTS) is 1. The molecule has 2 rings (SSSR count). The molecular formula is C14H13NO3. The lowest BCUT2D eigenvalue weighted by molar-refractivity contribution is 0.0694. The molecule has 4 nitrogen and oxygen atoms in total. The van der Waals surface area contributed by atoms with Crippen LogP contribution in [0.15, 0.2) is 42.6 Å². The largest absolute Gasteiger partial charge is 0.487 e. The van der Waals surface area contributed by atoms with Gasteiger partial charge in [0.1, 0.15) is 12.4 Å². The Morgan fingerprint density at radius 1 is 1.28 bits per heavy atom. The third-order valence-corrected chi connectivity index (χ3v) is 2.59. The first kappa shape index (κ1) is 12.1. The van der Waals surface area contributed by atoms with Gasteiger partial charge in [0.15, 0.2) is 0 Å². The molecule has 0 bridgehead atoms. The SMILES string of the molecule is Cc1ncccc1OCc1ccccc1C(=O)O. The van der Waals surface area contributed by atoms with Crippen molar-refractivity contribution >= 4 is 5.97 Å². The number of pyridine rings is 1. The fraction of sp³-hybridized carbons (Fsp3) is 0.143. The zero-order valence-electron chi connectivity index (χ0n) is 9.96. The molecule has 0 saturated carbocycles. The number of hydrogen-bond donors (Lipinski definition) is 1. The van der Waals surface area contributed by atoms with Crippen LogP contribution in [0.3, 0.4) is 0 Å². The maximum atomic E-state index is 11.0. The summed E-state index contributed by atoms with van der Waals surface area (Å²) in [6.07, 6.45) is 1.69. The molecule has 0 unspecified atom stereocenters. The van der Waals surface area contributed by atoms with E-state index < -0.39 is 5.97 Å². The molecule has 92 valence electrons. The highest BCUT2D eigenvalue weighted by Gasteiger charge is 2.09. The number of aryl methyl sites for hydroxylation is 1. The van der Waals surface area contributed by atoms with Crippen LogP contribution >= 0.6 is 0 Å². The summed E-state index contributed by atoms with van der Waals surface area (Å²) in [4.78, 5) is 15.1. The third-order valence-electron chi connectivity index (χ3n) is 2.59. The molecule has 2 aromatic rings. The van der Waals surface area contributed by atoms with Crippen molar-refractivity contribution in [3.8, 4) is 5.75 Å².